The molecule has 2 aliphatic rings. The van der Waals surface area contributed by atoms with E-state index in [1.165, 1.54) is 32.1 Å². The molecule has 0 unspecified atom stereocenters. The largest absolute Gasteiger partial charge is 0.352 e. The van der Waals surface area contributed by atoms with Crippen LogP contribution in [0.2, 0.25) is 0 Å². The van der Waals surface area contributed by atoms with Crippen LogP contribution in [0.4, 0.5) is 5.82 Å². The zero-order chi connectivity index (χ0) is 19.2. The summed E-state index contributed by atoms with van der Waals surface area (Å²) in [6.45, 7) is 3.17. The first-order valence-corrected chi connectivity index (χ1v) is 10.6. The topological polar surface area (TPSA) is 62.2 Å². The van der Waals surface area contributed by atoms with Crippen LogP contribution in [-0.4, -0.2) is 52.2 Å². The van der Waals surface area contributed by atoms with E-state index >= 15 is 0 Å². The molecule has 2 fully saturated rings. The Kier molecular flexibility index (Phi) is 6.14. The summed E-state index contributed by atoms with van der Waals surface area (Å²) in [7, 11) is 0. The Balaban J connectivity index is 1.26. The first-order chi connectivity index (χ1) is 13.8. The molecule has 1 saturated carbocycles. The van der Waals surface area contributed by atoms with Crippen molar-refractivity contribution in [1.29, 1.82) is 0 Å². The summed E-state index contributed by atoms with van der Waals surface area (Å²) in [6, 6.07) is 9.73. The van der Waals surface area contributed by atoms with Gasteiger partial charge in [-0.2, -0.15) is 0 Å². The number of pyridine rings is 1. The van der Waals surface area contributed by atoms with Gasteiger partial charge in [-0.05, 0) is 36.6 Å². The average molecular weight is 380 g/mol. The van der Waals surface area contributed by atoms with Gasteiger partial charge < -0.3 is 9.80 Å². The molecule has 3 heterocycles. The lowest BCUT2D eigenvalue weighted by molar-refractivity contribution is -0.131. The van der Waals surface area contributed by atoms with E-state index in [-0.39, 0.29) is 0 Å². The van der Waals surface area contributed by atoms with Gasteiger partial charge in [0.1, 0.15) is 5.69 Å². The summed E-state index contributed by atoms with van der Waals surface area (Å²) in [5.74, 6) is 1.96. The molecule has 0 aromatic carbocycles. The summed E-state index contributed by atoms with van der Waals surface area (Å²) < 4.78 is 0. The van der Waals surface area contributed by atoms with E-state index in [2.05, 4.69) is 20.1 Å². The molecule has 28 heavy (non-hydrogen) atoms. The minimum Gasteiger partial charge on any atom is -0.352 e. The number of nitrogens with zero attached hydrogens (tertiary/aromatic N) is 5. The van der Waals surface area contributed by atoms with Crippen LogP contribution in [0, 0.1) is 5.92 Å². The van der Waals surface area contributed by atoms with Crippen molar-refractivity contribution >= 4 is 11.7 Å². The van der Waals surface area contributed by atoms with Gasteiger partial charge in [0.2, 0.25) is 5.91 Å². The molecule has 4 rings (SSSR count). The highest BCUT2D eigenvalue weighted by Gasteiger charge is 2.23. The lowest BCUT2D eigenvalue weighted by Gasteiger charge is -2.35. The molecular formula is C22H29N5O. The van der Waals surface area contributed by atoms with Crippen molar-refractivity contribution in [3.8, 4) is 11.4 Å². The number of carbonyl (C=O) groups excluding carboxylic acids is 1. The minimum atomic E-state index is 0.321. The predicted molar refractivity (Wildman–Crippen MR) is 110 cm³/mol. The van der Waals surface area contributed by atoms with Gasteiger partial charge in [-0.25, -0.2) is 0 Å². The van der Waals surface area contributed by atoms with Crippen LogP contribution in [0.25, 0.3) is 11.4 Å². The highest BCUT2D eigenvalue weighted by Crippen LogP contribution is 2.27. The SMILES string of the molecule is O=C(CCC1CCCCC1)N1CCN(c2ccc(-c3ccccn3)nn2)CC1. The van der Waals surface area contributed by atoms with E-state index in [4.69, 9.17) is 0 Å². The summed E-state index contributed by atoms with van der Waals surface area (Å²) in [4.78, 5) is 21.1. The van der Waals surface area contributed by atoms with Gasteiger partial charge in [0.15, 0.2) is 5.82 Å². The van der Waals surface area contributed by atoms with Crippen molar-refractivity contribution in [1.82, 2.24) is 20.1 Å². The van der Waals surface area contributed by atoms with Crippen molar-refractivity contribution in [3.63, 3.8) is 0 Å². The molecule has 0 N–H and O–H groups in total. The quantitative estimate of drug-likeness (QED) is 0.795. The van der Waals surface area contributed by atoms with E-state index in [1.54, 1.807) is 6.20 Å². The number of aromatic nitrogens is 3. The Bertz CT molecular complexity index is 750. The van der Waals surface area contributed by atoms with Crippen LogP contribution in [0.15, 0.2) is 36.5 Å². The van der Waals surface area contributed by atoms with Crippen molar-refractivity contribution in [3.05, 3.63) is 36.5 Å². The van der Waals surface area contributed by atoms with Gasteiger partial charge in [-0.15, -0.1) is 10.2 Å². The van der Waals surface area contributed by atoms with Crippen molar-refractivity contribution < 1.29 is 4.79 Å². The summed E-state index contributed by atoms with van der Waals surface area (Å²) >= 11 is 0. The number of rotatable bonds is 5. The van der Waals surface area contributed by atoms with Crippen LogP contribution in [0.5, 0.6) is 0 Å². The number of hydrogen-bond donors (Lipinski definition) is 0. The van der Waals surface area contributed by atoms with Gasteiger partial charge in [0.25, 0.3) is 0 Å². The highest BCUT2D eigenvalue weighted by atomic mass is 16.2. The normalized spacial score (nSPS) is 18.3. The fourth-order valence-electron chi connectivity index (χ4n) is 4.29. The summed E-state index contributed by atoms with van der Waals surface area (Å²) in [5, 5.41) is 8.70. The number of amides is 1. The van der Waals surface area contributed by atoms with Gasteiger partial charge in [0.05, 0.1) is 5.69 Å². The average Bonchev–Trinajstić information content (AvgIpc) is 2.79. The fraction of sp³-hybridized carbons (Fsp3) is 0.545. The van der Waals surface area contributed by atoms with Crippen LogP contribution in [-0.2, 0) is 4.79 Å². The molecular weight excluding hydrogens is 350 g/mol. The lowest BCUT2D eigenvalue weighted by atomic mass is 9.86. The first-order valence-electron chi connectivity index (χ1n) is 10.6. The van der Waals surface area contributed by atoms with Crippen LogP contribution < -0.4 is 4.90 Å². The zero-order valence-corrected chi connectivity index (χ0v) is 16.5. The molecule has 0 atom stereocenters. The number of hydrogen-bond acceptors (Lipinski definition) is 5. The summed E-state index contributed by atoms with van der Waals surface area (Å²) in [5.41, 5.74) is 1.61. The maximum Gasteiger partial charge on any atom is 0.222 e. The molecule has 148 valence electrons. The van der Waals surface area contributed by atoms with Crippen LogP contribution >= 0.6 is 0 Å². The molecule has 0 radical (unpaired) electrons. The first kappa shape index (κ1) is 18.8. The van der Waals surface area contributed by atoms with Gasteiger partial charge in [0, 0.05) is 38.8 Å². The van der Waals surface area contributed by atoms with Gasteiger partial charge in [-0.1, -0.05) is 38.2 Å². The monoisotopic (exact) mass is 379 g/mol. The third-order valence-corrected chi connectivity index (χ3v) is 6.03. The molecule has 2 aromatic heterocycles. The van der Waals surface area contributed by atoms with Crippen LogP contribution in [0.3, 0.4) is 0 Å². The number of piperazine rings is 1. The van der Waals surface area contributed by atoms with Crippen LogP contribution in [0.1, 0.15) is 44.9 Å². The van der Waals surface area contributed by atoms with Gasteiger partial charge >= 0.3 is 0 Å². The van der Waals surface area contributed by atoms with E-state index in [1.807, 2.05) is 35.2 Å². The van der Waals surface area contributed by atoms with Gasteiger partial charge in [-0.3, -0.25) is 9.78 Å². The maximum absolute atomic E-state index is 12.6. The Morgan fingerprint density at radius 3 is 2.43 bits per heavy atom. The molecule has 2 aromatic rings. The minimum absolute atomic E-state index is 0.321. The molecule has 1 saturated heterocycles. The Hall–Kier alpha value is -2.50. The molecule has 1 amide bonds. The molecule has 6 heteroatoms. The second kappa shape index (κ2) is 9.13. The van der Waals surface area contributed by atoms with E-state index in [0.717, 1.165) is 55.7 Å². The number of carbonyl (C=O) groups is 1. The third kappa shape index (κ3) is 4.66. The Labute approximate surface area is 167 Å². The molecule has 6 nitrogen and oxygen atoms in total. The molecule has 1 aliphatic carbocycles. The standard InChI is InChI=1S/C22H29N5O/c28-22(12-9-18-6-2-1-3-7-18)27-16-14-26(15-17-27)21-11-10-20(24-25-21)19-8-4-5-13-23-19/h4-5,8,10-11,13,18H,1-3,6-7,9,12,14-17H2. The number of anilines is 1. The predicted octanol–water partition coefficient (Wildman–Crippen LogP) is 3.55. The van der Waals surface area contributed by atoms with E-state index in [9.17, 15) is 4.79 Å². The Morgan fingerprint density at radius 2 is 1.75 bits per heavy atom. The zero-order valence-electron chi connectivity index (χ0n) is 16.5. The van der Waals surface area contributed by atoms with E-state index < -0.39 is 0 Å². The second-order valence-electron chi connectivity index (χ2n) is 7.90. The van der Waals surface area contributed by atoms with Crippen molar-refractivity contribution in [2.24, 2.45) is 5.92 Å². The summed E-state index contributed by atoms with van der Waals surface area (Å²) in [6.07, 6.45) is 10.2. The van der Waals surface area contributed by atoms with Crippen molar-refractivity contribution in [2.75, 3.05) is 31.1 Å². The smallest absolute Gasteiger partial charge is 0.222 e. The van der Waals surface area contributed by atoms with Crippen molar-refractivity contribution in [2.45, 2.75) is 44.9 Å². The maximum atomic E-state index is 12.6. The Morgan fingerprint density at radius 1 is 0.929 bits per heavy atom. The molecule has 0 spiro atoms. The second-order valence-corrected chi connectivity index (χ2v) is 7.90. The molecule has 0 bridgehead atoms. The highest BCUT2D eigenvalue weighted by molar-refractivity contribution is 5.76. The fourth-order valence-corrected chi connectivity index (χ4v) is 4.29. The van der Waals surface area contributed by atoms with E-state index in [0.29, 0.717) is 12.3 Å². The lowest BCUT2D eigenvalue weighted by Crippen LogP contribution is -2.49. The molecule has 1 aliphatic heterocycles. The third-order valence-electron chi connectivity index (χ3n) is 6.03.